The van der Waals surface area contributed by atoms with Crippen LogP contribution in [0.2, 0.25) is 0 Å². The van der Waals surface area contributed by atoms with Crippen LogP contribution in [0, 0.1) is 20.2 Å². The van der Waals surface area contributed by atoms with Gasteiger partial charge in [0.05, 0.1) is 11.9 Å². The van der Waals surface area contributed by atoms with Gasteiger partial charge in [0.2, 0.25) is 5.56 Å². The summed E-state index contributed by atoms with van der Waals surface area (Å²) in [5.41, 5.74) is 2.16. The molecule has 0 aliphatic heterocycles. The SMILES string of the molecule is Cn1nc([N+](=O)[O-])c(C(C=NNc2ccccc2)=NO)c1[N+](=O)[O-]. The summed E-state index contributed by atoms with van der Waals surface area (Å²) in [6.45, 7) is 0. The molecule has 2 N–H and O–H groups in total. The molecule has 124 valence electrons. The topological polar surface area (TPSA) is 161 Å². The Morgan fingerprint density at radius 2 is 1.96 bits per heavy atom. The number of aryl methyl sites for hydroxylation is 1. The smallest absolute Gasteiger partial charge is 0.410 e. The summed E-state index contributed by atoms with van der Waals surface area (Å²) in [7, 11) is 1.17. The van der Waals surface area contributed by atoms with E-state index in [1.165, 1.54) is 7.05 Å². The molecule has 0 aliphatic carbocycles. The fraction of sp³-hybridized carbons (Fsp3) is 0.0833. The maximum absolute atomic E-state index is 11.1. The van der Waals surface area contributed by atoms with Crippen molar-refractivity contribution in [1.82, 2.24) is 9.78 Å². The van der Waals surface area contributed by atoms with Crippen molar-refractivity contribution in [2.24, 2.45) is 17.3 Å². The average Bonchev–Trinajstić information content (AvgIpc) is 2.90. The summed E-state index contributed by atoms with van der Waals surface area (Å²) in [6, 6.07) is 8.67. The largest absolute Gasteiger partial charge is 0.430 e. The van der Waals surface area contributed by atoms with Gasteiger partial charge in [0.25, 0.3) is 0 Å². The molecule has 0 fully saturated rings. The molecule has 0 bridgehead atoms. The number of anilines is 1. The van der Waals surface area contributed by atoms with Crippen molar-refractivity contribution in [3.05, 3.63) is 56.1 Å². The van der Waals surface area contributed by atoms with Gasteiger partial charge >= 0.3 is 11.6 Å². The number of nitrogens with one attached hydrogen (secondary N) is 1. The van der Waals surface area contributed by atoms with Gasteiger partial charge in [-0.25, -0.2) is 0 Å². The molecule has 1 heterocycles. The molecule has 2 rings (SSSR count). The van der Waals surface area contributed by atoms with Crippen molar-refractivity contribution in [1.29, 1.82) is 0 Å². The third kappa shape index (κ3) is 3.32. The van der Waals surface area contributed by atoms with Crippen LogP contribution in [-0.4, -0.2) is 36.8 Å². The predicted molar refractivity (Wildman–Crippen MR) is 83.4 cm³/mol. The van der Waals surface area contributed by atoms with Crippen molar-refractivity contribution < 1.29 is 15.1 Å². The van der Waals surface area contributed by atoms with E-state index >= 15 is 0 Å². The second-order valence-electron chi connectivity index (χ2n) is 4.38. The van der Waals surface area contributed by atoms with E-state index in [0.717, 1.165) is 10.9 Å². The lowest BCUT2D eigenvalue weighted by Crippen LogP contribution is -2.10. The molecule has 0 saturated heterocycles. The molecule has 2 aromatic rings. The third-order valence-electron chi connectivity index (χ3n) is 2.86. The molecule has 1 aromatic carbocycles. The Morgan fingerprint density at radius 3 is 2.50 bits per heavy atom. The van der Waals surface area contributed by atoms with Crippen molar-refractivity contribution in [3.63, 3.8) is 0 Å². The zero-order valence-corrected chi connectivity index (χ0v) is 12.2. The van der Waals surface area contributed by atoms with Crippen molar-refractivity contribution in [2.45, 2.75) is 0 Å². The summed E-state index contributed by atoms with van der Waals surface area (Å²) in [4.78, 5) is 20.4. The van der Waals surface area contributed by atoms with E-state index in [9.17, 15) is 20.2 Å². The molecule has 12 nitrogen and oxygen atoms in total. The summed E-state index contributed by atoms with van der Waals surface area (Å²) >= 11 is 0. The van der Waals surface area contributed by atoms with Crippen LogP contribution in [0.4, 0.5) is 17.3 Å². The Balaban J connectivity index is 2.40. The minimum atomic E-state index is -0.911. The molecule has 0 aliphatic rings. The second-order valence-corrected chi connectivity index (χ2v) is 4.38. The first-order valence-corrected chi connectivity index (χ1v) is 6.38. The number of hydrogen-bond donors (Lipinski definition) is 2. The Labute approximate surface area is 134 Å². The van der Waals surface area contributed by atoms with Crippen molar-refractivity contribution in [3.8, 4) is 0 Å². The molecule has 0 unspecified atom stereocenters. The predicted octanol–water partition coefficient (Wildman–Crippen LogP) is 1.51. The Bertz CT molecular complexity index is 828. The highest BCUT2D eigenvalue weighted by atomic mass is 16.6. The van der Waals surface area contributed by atoms with Gasteiger partial charge in [-0.05, 0) is 26.7 Å². The van der Waals surface area contributed by atoms with E-state index in [0.29, 0.717) is 5.69 Å². The molecule has 0 spiro atoms. The monoisotopic (exact) mass is 333 g/mol. The molecule has 1 aromatic heterocycles. The summed E-state index contributed by atoms with van der Waals surface area (Å²) < 4.78 is 0.719. The van der Waals surface area contributed by atoms with E-state index in [-0.39, 0.29) is 0 Å². The number of aromatic nitrogens is 2. The van der Waals surface area contributed by atoms with Gasteiger partial charge in [-0.2, -0.15) is 5.10 Å². The van der Waals surface area contributed by atoms with Gasteiger partial charge in [0.15, 0.2) is 0 Å². The number of oxime groups is 1. The average molecular weight is 333 g/mol. The van der Waals surface area contributed by atoms with E-state index in [1.807, 2.05) is 0 Å². The highest BCUT2D eigenvalue weighted by Gasteiger charge is 2.38. The van der Waals surface area contributed by atoms with E-state index in [1.54, 1.807) is 30.3 Å². The van der Waals surface area contributed by atoms with Crippen LogP contribution in [0.1, 0.15) is 5.56 Å². The van der Waals surface area contributed by atoms with Gasteiger partial charge in [0, 0.05) is 0 Å². The molecule has 12 heteroatoms. The van der Waals surface area contributed by atoms with Gasteiger partial charge in [-0.15, -0.1) is 0 Å². The molecule has 24 heavy (non-hydrogen) atoms. The van der Waals surface area contributed by atoms with E-state index in [4.69, 9.17) is 5.21 Å². The van der Waals surface area contributed by atoms with Crippen LogP contribution in [0.5, 0.6) is 0 Å². The molecular weight excluding hydrogens is 322 g/mol. The van der Waals surface area contributed by atoms with Crippen LogP contribution < -0.4 is 5.43 Å². The number of rotatable bonds is 6. The molecular formula is C12H11N7O5. The van der Waals surface area contributed by atoms with Gasteiger partial charge in [-0.1, -0.05) is 23.4 Å². The van der Waals surface area contributed by atoms with Crippen LogP contribution in [0.15, 0.2) is 40.6 Å². The normalized spacial score (nSPS) is 11.6. The van der Waals surface area contributed by atoms with Gasteiger partial charge in [-0.3, -0.25) is 5.43 Å². The first-order valence-electron chi connectivity index (χ1n) is 6.38. The van der Waals surface area contributed by atoms with Crippen LogP contribution in [0.3, 0.4) is 0 Å². The fourth-order valence-electron chi connectivity index (χ4n) is 1.89. The quantitative estimate of drug-likeness (QED) is 0.350. The Kier molecular flexibility index (Phi) is 4.79. The molecule has 0 radical (unpaired) electrons. The number of nitrogens with zero attached hydrogens (tertiary/aromatic N) is 6. The van der Waals surface area contributed by atoms with Crippen molar-refractivity contribution >= 4 is 29.2 Å². The van der Waals surface area contributed by atoms with Crippen molar-refractivity contribution in [2.75, 3.05) is 5.43 Å². The standard InChI is InChI=1S/C12H11N7O5/c1-17-12(19(23)24)10(11(15-17)18(21)22)9(16-20)7-13-14-8-5-3-2-4-6-8/h2-7,14,20H,1H3. The first-order chi connectivity index (χ1) is 11.5. The van der Waals surface area contributed by atoms with Gasteiger partial charge in [0.1, 0.15) is 17.9 Å². The fourth-order valence-corrected chi connectivity index (χ4v) is 1.89. The number of hydrazone groups is 1. The zero-order valence-electron chi connectivity index (χ0n) is 12.2. The van der Waals surface area contributed by atoms with Crippen LogP contribution in [0.25, 0.3) is 0 Å². The minimum absolute atomic E-state index is 0.482. The highest BCUT2D eigenvalue weighted by molar-refractivity contribution is 6.40. The van der Waals surface area contributed by atoms with Gasteiger partial charge < -0.3 is 25.4 Å². The maximum Gasteiger partial charge on any atom is 0.430 e. The highest BCUT2D eigenvalue weighted by Crippen LogP contribution is 2.27. The molecule has 0 amide bonds. The van der Waals surface area contributed by atoms with E-state index in [2.05, 4.69) is 20.8 Å². The second kappa shape index (κ2) is 6.95. The minimum Gasteiger partial charge on any atom is -0.410 e. The lowest BCUT2D eigenvalue weighted by molar-refractivity contribution is -0.395. The number of nitro groups is 2. The van der Waals surface area contributed by atoms with Crippen LogP contribution >= 0.6 is 0 Å². The lowest BCUT2D eigenvalue weighted by Gasteiger charge is -1.99. The Hall–Kier alpha value is -3.83. The summed E-state index contributed by atoms with van der Waals surface area (Å²) in [6.07, 6.45) is 0.921. The molecule has 0 atom stereocenters. The number of hydrogen-bond acceptors (Lipinski definition) is 9. The molecule has 0 saturated carbocycles. The van der Waals surface area contributed by atoms with E-state index < -0.39 is 32.8 Å². The maximum atomic E-state index is 11.1. The summed E-state index contributed by atoms with van der Waals surface area (Å²) in [5, 5.41) is 41.3. The van der Waals surface area contributed by atoms with Crippen LogP contribution in [-0.2, 0) is 7.05 Å². The summed E-state index contributed by atoms with van der Waals surface area (Å²) in [5.74, 6) is -1.51. The zero-order chi connectivity index (χ0) is 17.7. The Morgan fingerprint density at radius 1 is 1.29 bits per heavy atom. The third-order valence-corrected chi connectivity index (χ3v) is 2.86. The number of benzene rings is 1. The lowest BCUT2D eigenvalue weighted by atomic mass is 10.2. The first kappa shape index (κ1) is 16.5. The number of para-hydroxylation sites is 1.